The van der Waals surface area contributed by atoms with E-state index in [0.717, 1.165) is 30.1 Å². The lowest BCUT2D eigenvalue weighted by molar-refractivity contribution is 0.158. The van der Waals surface area contributed by atoms with Gasteiger partial charge in [-0.15, -0.1) is 0 Å². The third-order valence-corrected chi connectivity index (χ3v) is 5.19. The summed E-state index contributed by atoms with van der Waals surface area (Å²) in [5.74, 6) is 1.21. The Labute approximate surface area is 170 Å². The summed E-state index contributed by atoms with van der Waals surface area (Å²) in [5.41, 5.74) is 3.44. The number of nitrogens with zero attached hydrogens (tertiary/aromatic N) is 3. The van der Waals surface area contributed by atoms with Crippen LogP contribution in [0, 0.1) is 19.7 Å². The topological polar surface area (TPSA) is 56.7 Å². The van der Waals surface area contributed by atoms with Gasteiger partial charge in [0.15, 0.2) is 5.75 Å². The minimum absolute atomic E-state index is 0.181. The Balaban J connectivity index is 1.43. The zero-order valence-corrected chi connectivity index (χ0v) is 17.1. The van der Waals surface area contributed by atoms with E-state index in [1.54, 1.807) is 0 Å². The van der Waals surface area contributed by atoms with Crippen molar-refractivity contribution in [2.45, 2.75) is 33.2 Å². The lowest BCUT2D eigenvalue weighted by Gasteiger charge is -2.33. The van der Waals surface area contributed by atoms with Crippen molar-refractivity contribution in [2.75, 3.05) is 32.9 Å². The molecule has 29 heavy (non-hydrogen) atoms. The molecule has 0 bridgehead atoms. The summed E-state index contributed by atoms with van der Waals surface area (Å²) in [6.45, 7) is 8.79. The first kappa shape index (κ1) is 19.6. The van der Waals surface area contributed by atoms with Crippen molar-refractivity contribution < 1.29 is 18.6 Å². The molecule has 0 saturated heterocycles. The summed E-state index contributed by atoms with van der Waals surface area (Å²) >= 11 is 0. The van der Waals surface area contributed by atoms with Crippen molar-refractivity contribution in [3.8, 4) is 17.4 Å². The Morgan fingerprint density at radius 1 is 1.14 bits per heavy atom. The third-order valence-electron chi connectivity index (χ3n) is 5.19. The molecule has 0 amide bonds. The minimum atomic E-state index is -0.364. The first-order chi connectivity index (χ1) is 14.0. The van der Waals surface area contributed by atoms with Crippen LogP contribution in [0.3, 0.4) is 0 Å². The minimum Gasteiger partial charge on any atom is -0.489 e. The molecule has 0 radical (unpaired) electrons. The highest BCUT2D eigenvalue weighted by molar-refractivity contribution is 5.37. The number of halogens is 1. The normalized spacial score (nSPS) is 17.6. The summed E-state index contributed by atoms with van der Waals surface area (Å²) < 4.78 is 31.6. The predicted octanol–water partition coefficient (Wildman–Crippen LogP) is 3.78. The molecular formula is C22H26FN3O3. The number of hydrogen-bond acceptors (Lipinski definition) is 6. The van der Waals surface area contributed by atoms with Crippen molar-refractivity contribution in [3.05, 3.63) is 52.7 Å². The predicted molar refractivity (Wildman–Crippen MR) is 107 cm³/mol. The molecule has 2 aromatic rings. The molecule has 0 aliphatic carbocycles. The first-order valence-corrected chi connectivity index (χ1v) is 9.95. The van der Waals surface area contributed by atoms with Gasteiger partial charge in [-0.2, -0.15) is 0 Å². The van der Waals surface area contributed by atoms with Crippen LogP contribution >= 0.6 is 0 Å². The second kappa shape index (κ2) is 8.37. The summed E-state index contributed by atoms with van der Waals surface area (Å²) in [5, 5.41) is 0. The highest BCUT2D eigenvalue weighted by Crippen LogP contribution is 2.33. The van der Waals surface area contributed by atoms with Crippen LogP contribution in [0.25, 0.3) is 0 Å². The Kier molecular flexibility index (Phi) is 5.67. The van der Waals surface area contributed by atoms with E-state index < -0.39 is 0 Å². The van der Waals surface area contributed by atoms with Crippen LogP contribution in [0.5, 0.6) is 17.4 Å². The fourth-order valence-electron chi connectivity index (χ4n) is 3.76. The largest absolute Gasteiger partial charge is 0.489 e. The van der Waals surface area contributed by atoms with Gasteiger partial charge in [-0.1, -0.05) is 6.08 Å². The Hall–Kier alpha value is -2.67. The van der Waals surface area contributed by atoms with Crippen LogP contribution in [0.2, 0.25) is 0 Å². The van der Waals surface area contributed by atoms with E-state index in [1.807, 2.05) is 32.9 Å². The van der Waals surface area contributed by atoms with Crippen LogP contribution in [0.15, 0.2) is 29.8 Å². The van der Waals surface area contributed by atoms with Crippen LogP contribution in [0.1, 0.15) is 36.5 Å². The van der Waals surface area contributed by atoms with Gasteiger partial charge in [0.05, 0.1) is 11.7 Å². The van der Waals surface area contributed by atoms with E-state index in [4.69, 9.17) is 14.2 Å². The zero-order chi connectivity index (χ0) is 20.4. The van der Waals surface area contributed by atoms with Gasteiger partial charge in [-0.3, -0.25) is 9.88 Å². The molecule has 7 heteroatoms. The fourth-order valence-corrected chi connectivity index (χ4v) is 3.76. The molecule has 154 valence electrons. The molecule has 4 heterocycles. The van der Waals surface area contributed by atoms with Crippen molar-refractivity contribution >= 4 is 0 Å². The number of ether oxygens (including phenoxy) is 3. The average molecular weight is 399 g/mol. The van der Waals surface area contributed by atoms with E-state index in [-0.39, 0.29) is 11.9 Å². The number of hydrogen-bond donors (Lipinski definition) is 0. The van der Waals surface area contributed by atoms with Gasteiger partial charge in [0.25, 0.3) is 5.88 Å². The second-order valence-electron chi connectivity index (χ2n) is 7.53. The van der Waals surface area contributed by atoms with Gasteiger partial charge in [-0.05, 0) is 32.8 Å². The molecule has 0 aromatic carbocycles. The van der Waals surface area contributed by atoms with Crippen LogP contribution in [0.4, 0.5) is 4.39 Å². The summed E-state index contributed by atoms with van der Waals surface area (Å²) in [7, 11) is 0. The van der Waals surface area contributed by atoms with E-state index in [1.165, 1.54) is 11.6 Å². The molecule has 2 aliphatic heterocycles. The molecule has 6 nitrogen and oxygen atoms in total. The highest BCUT2D eigenvalue weighted by atomic mass is 19.1. The molecule has 0 spiro atoms. The van der Waals surface area contributed by atoms with E-state index in [9.17, 15) is 4.39 Å². The number of pyridine rings is 2. The maximum absolute atomic E-state index is 14.7. The van der Waals surface area contributed by atoms with E-state index in [2.05, 4.69) is 20.9 Å². The molecule has 2 aromatic heterocycles. The lowest BCUT2D eigenvalue weighted by atomic mass is 10.1. The van der Waals surface area contributed by atoms with E-state index in [0.29, 0.717) is 43.7 Å². The zero-order valence-electron chi connectivity index (χ0n) is 17.1. The van der Waals surface area contributed by atoms with Gasteiger partial charge in [0, 0.05) is 42.7 Å². The van der Waals surface area contributed by atoms with Crippen molar-refractivity contribution in [1.29, 1.82) is 0 Å². The monoisotopic (exact) mass is 399 g/mol. The SMILES string of the molecule is Cc1cc(OCC2=CCCN(C(C)c3nc4c(cc3F)OCCO4)C2)cc(C)n1. The number of fused-ring (bicyclic) bond motifs is 1. The smallest absolute Gasteiger partial charge is 0.257 e. The molecule has 0 fully saturated rings. The number of aryl methyl sites for hydroxylation is 2. The maximum Gasteiger partial charge on any atom is 0.257 e. The Bertz CT molecular complexity index is 912. The molecule has 1 atom stereocenters. The third kappa shape index (κ3) is 4.50. The Morgan fingerprint density at radius 3 is 2.69 bits per heavy atom. The quantitative estimate of drug-likeness (QED) is 0.714. The van der Waals surface area contributed by atoms with Crippen molar-refractivity contribution in [1.82, 2.24) is 14.9 Å². The molecule has 2 aliphatic rings. The summed E-state index contributed by atoms with van der Waals surface area (Å²) in [6.07, 6.45) is 3.10. The summed E-state index contributed by atoms with van der Waals surface area (Å²) in [6, 6.07) is 5.07. The average Bonchev–Trinajstić information content (AvgIpc) is 2.71. The van der Waals surface area contributed by atoms with E-state index >= 15 is 0 Å². The second-order valence-corrected chi connectivity index (χ2v) is 7.53. The van der Waals surface area contributed by atoms with Crippen LogP contribution in [-0.4, -0.2) is 47.8 Å². The standard InChI is InChI=1S/C22H26FN3O3/c1-14-9-18(10-15(2)24-14)29-13-17-5-4-6-26(12-17)16(3)21-19(23)11-20-22(25-21)28-8-7-27-20/h5,9-11,16H,4,6-8,12-13H2,1-3H3. The van der Waals surface area contributed by atoms with Crippen molar-refractivity contribution in [2.24, 2.45) is 0 Å². The first-order valence-electron chi connectivity index (χ1n) is 9.95. The highest BCUT2D eigenvalue weighted by Gasteiger charge is 2.26. The lowest BCUT2D eigenvalue weighted by Crippen LogP contribution is -2.35. The Morgan fingerprint density at radius 2 is 1.90 bits per heavy atom. The van der Waals surface area contributed by atoms with Crippen LogP contribution in [-0.2, 0) is 0 Å². The molecular weight excluding hydrogens is 373 g/mol. The number of rotatable bonds is 5. The van der Waals surface area contributed by atoms with Gasteiger partial charge in [-0.25, -0.2) is 9.37 Å². The van der Waals surface area contributed by atoms with Gasteiger partial charge >= 0.3 is 0 Å². The molecule has 0 N–H and O–H groups in total. The van der Waals surface area contributed by atoms with Gasteiger partial charge in [0.2, 0.25) is 0 Å². The van der Waals surface area contributed by atoms with Crippen LogP contribution < -0.4 is 14.2 Å². The number of aromatic nitrogens is 2. The maximum atomic E-state index is 14.7. The molecule has 4 rings (SSSR count). The molecule has 0 saturated carbocycles. The van der Waals surface area contributed by atoms with Gasteiger partial charge in [0.1, 0.15) is 31.4 Å². The van der Waals surface area contributed by atoms with Crippen molar-refractivity contribution in [3.63, 3.8) is 0 Å². The molecule has 1 unspecified atom stereocenters. The fraction of sp³-hybridized carbons (Fsp3) is 0.455. The van der Waals surface area contributed by atoms with Gasteiger partial charge < -0.3 is 14.2 Å². The summed E-state index contributed by atoms with van der Waals surface area (Å²) in [4.78, 5) is 11.0.